The summed E-state index contributed by atoms with van der Waals surface area (Å²) in [6.45, 7) is 3.61. The number of thioether (sulfide) groups is 1. The van der Waals surface area contributed by atoms with Crippen LogP contribution in [-0.2, 0) is 4.79 Å². The molecule has 1 atom stereocenters. The van der Waals surface area contributed by atoms with Crippen LogP contribution in [0.3, 0.4) is 0 Å². The maximum atomic E-state index is 13.3. The van der Waals surface area contributed by atoms with Crippen LogP contribution in [-0.4, -0.2) is 51.2 Å². The molecule has 0 bridgehead atoms. The van der Waals surface area contributed by atoms with E-state index in [1.807, 2.05) is 60.4 Å². The van der Waals surface area contributed by atoms with Crippen molar-refractivity contribution in [3.63, 3.8) is 0 Å². The van der Waals surface area contributed by atoms with Gasteiger partial charge < -0.3 is 9.64 Å². The third-order valence-electron chi connectivity index (χ3n) is 4.97. The normalized spacial score (nSPS) is 14.8. The summed E-state index contributed by atoms with van der Waals surface area (Å²) in [7, 11) is 1.62. The fourth-order valence-electron chi connectivity index (χ4n) is 3.47. The minimum atomic E-state index is -0.408. The first-order valence-corrected chi connectivity index (χ1v) is 10.5. The van der Waals surface area contributed by atoms with Crippen molar-refractivity contribution >= 4 is 17.7 Å². The SMILES string of the molecule is COc1ccc(C)cc1-n1nnnc1SC(C(=O)N1CCCC1)c1ccccc1. The average Bonchev–Trinajstić information content (AvgIpc) is 3.44. The highest BCUT2D eigenvalue weighted by atomic mass is 32.2. The van der Waals surface area contributed by atoms with Gasteiger partial charge in [-0.2, -0.15) is 4.68 Å². The van der Waals surface area contributed by atoms with Gasteiger partial charge in [-0.1, -0.05) is 48.2 Å². The Labute approximate surface area is 174 Å². The van der Waals surface area contributed by atoms with Crippen LogP contribution >= 0.6 is 11.8 Å². The summed E-state index contributed by atoms with van der Waals surface area (Å²) in [4.78, 5) is 15.2. The van der Waals surface area contributed by atoms with Crippen LogP contribution < -0.4 is 4.74 Å². The Morgan fingerprint density at radius 3 is 2.62 bits per heavy atom. The summed E-state index contributed by atoms with van der Waals surface area (Å²) in [5.74, 6) is 0.774. The molecule has 29 heavy (non-hydrogen) atoms. The Kier molecular flexibility index (Phi) is 5.80. The molecule has 1 fully saturated rings. The van der Waals surface area contributed by atoms with E-state index in [0.29, 0.717) is 10.9 Å². The number of methoxy groups -OCH3 is 1. The zero-order chi connectivity index (χ0) is 20.2. The molecule has 3 aromatic rings. The van der Waals surface area contributed by atoms with Crippen molar-refractivity contribution in [1.29, 1.82) is 0 Å². The lowest BCUT2D eigenvalue weighted by atomic mass is 10.1. The van der Waals surface area contributed by atoms with Crippen molar-refractivity contribution < 1.29 is 9.53 Å². The topological polar surface area (TPSA) is 73.1 Å². The van der Waals surface area contributed by atoms with Crippen LogP contribution in [0.4, 0.5) is 0 Å². The second kappa shape index (κ2) is 8.65. The number of hydrogen-bond acceptors (Lipinski definition) is 6. The number of aryl methyl sites for hydroxylation is 1. The largest absolute Gasteiger partial charge is 0.494 e. The molecule has 0 saturated carbocycles. The smallest absolute Gasteiger partial charge is 0.240 e. The zero-order valence-corrected chi connectivity index (χ0v) is 17.3. The van der Waals surface area contributed by atoms with Crippen LogP contribution in [0.25, 0.3) is 5.69 Å². The summed E-state index contributed by atoms with van der Waals surface area (Å²) >= 11 is 1.37. The molecule has 7 nitrogen and oxygen atoms in total. The Morgan fingerprint density at radius 1 is 1.14 bits per heavy atom. The van der Waals surface area contributed by atoms with Crippen molar-refractivity contribution in [2.24, 2.45) is 0 Å². The van der Waals surface area contributed by atoms with E-state index in [1.54, 1.807) is 11.8 Å². The summed E-state index contributed by atoms with van der Waals surface area (Å²) in [5, 5.41) is 12.4. The lowest BCUT2D eigenvalue weighted by Crippen LogP contribution is -2.31. The lowest BCUT2D eigenvalue weighted by Gasteiger charge is -2.22. The van der Waals surface area contributed by atoms with E-state index in [9.17, 15) is 4.79 Å². The molecule has 8 heteroatoms. The van der Waals surface area contributed by atoms with E-state index in [0.717, 1.165) is 42.7 Å². The molecule has 1 aliphatic heterocycles. The summed E-state index contributed by atoms with van der Waals surface area (Å²) < 4.78 is 7.14. The number of rotatable bonds is 6. The van der Waals surface area contributed by atoms with Gasteiger partial charge in [-0.25, -0.2) is 0 Å². The van der Waals surface area contributed by atoms with E-state index in [-0.39, 0.29) is 5.91 Å². The van der Waals surface area contributed by atoms with Crippen molar-refractivity contribution in [2.75, 3.05) is 20.2 Å². The van der Waals surface area contributed by atoms with E-state index < -0.39 is 5.25 Å². The van der Waals surface area contributed by atoms with Gasteiger partial charge in [-0.05, 0) is 53.5 Å². The Morgan fingerprint density at radius 2 is 1.90 bits per heavy atom. The van der Waals surface area contributed by atoms with E-state index in [1.165, 1.54) is 11.8 Å². The predicted molar refractivity (Wildman–Crippen MR) is 111 cm³/mol. The molecular weight excluding hydrogens is 386 g/mol. The third kappa shape index (κ3) is 4.12. The molecule has 0 spiro atoms. The van der Waals surface area contributed by atoms with Gasteiger partial charge in [0.2, 0.25) is 11.1 Å². The van der Waals surface area contributed by atoms with Crippen LogP contribution in [0.5, 0.6) is 5.75 Å². The van der Waals surface area contributed by atoms with Gasteiger partial charge in [0.25, 0.3) is 0 Å². The summed E-state index contributed by atoms with van der Waals surface area (Å²) in [5.41, 5.74) is 2.76. The maximum absolute atomic E-state index is 13.3. The number of aromatic nitrogens is 4. The molecule has 4 rings (SSSR count). The van der Waals surface area contributed by atoms with Gasteiger partial charge in [-0.15, -0.1) is 5.10 Å². The molecule has 0 radical (unpaired) electrons. The van der Waals surface area contributed by atoms with Crippen molar-refractivity contribution in [2.45, 2.75) is 30.2 Å². The highest BCUT2D eigenvalue weighted by molar-refractivity contribution is 8.00. The molecule has 1 unspecified atom stereocenters. The summed E-state index contributed by atoms with van der Waals surface area (Å²) in [6.07, 6.45) is 2.10. The van der Waals surface area contributed by atoms with Crippen LogP contribution in [0.2, 0.25) is 0 Å². The molecule has 2 heterocycles. The molecule has 1 saturated heterocycles. The van der Waals surface area contributed by atoms with E-state index >= 15 is 0 Å². The number of amides is 1. The fraction of sp³-hybridized carbons (Fsp3) is 0.333. The first kappa shape index (κ1) is 19.4. The van der Waals surface area contributed by atoms with Gasteiger partial charge >= 0.3 is 0 Å². The number of benzene rings is 2. The summed E-state index contributed by atoms with van der Waals surface area (Å²) in [6, 6.07) is 15.7. The number of tetrazole rings is 1. The molecule has 1 aromatic heterocycles. The molecule has 1 aliphatic rings. The van der Waals surface area contributed by atoms with Crippen LogP contribution in [0.1, 0.15) is 29.2 Å². The minimum Gasteiger partial charge on any atom is -0.494 e. The quantitative estimate of drug-likeness (QED) is 0.581. The molecule has 0 aliphatic carbocycles. The minimum absolute atomic E-state index is 0.101. The van der Waals surface area contributed by atoms with E-state index in [4.69, 9.17) is 4.74 Å². The van der Waals surface area contributed by atoms with Gasteiger partial charge in [-0.3, -0.25) is 4.79 Å². The zero-order valence-electron chi connectivity index (χ0n) is 16.5. The number of ether oxygens (including phenoxy) is 1. The van der Waals surface area contributed by atoms with Gasteiger partial charge in [0.15, 0.2) is 0 Å². The second-order valence-corrected chi connectivity index (χ2v) is 8.06. The molecular formula is C21H23N5O2S. The maximum Gasteiger partial charge on any atom is 0.240 e. The average molecular weight is 410 g/mol. The van der Waals surface area contributed by atoms with Crippen LogP contribution in [0.15, 0.2) is 53.7 Å². The van der Waals surface area contributed by atoms with Gasteiger partial charge in [0.1, 0.15) is 16.7 Å². The highest BCUT2D eigenvalue weighted by Gasteiger charge is 2.30. The van der Waals surface area contributed by atoms with Crippen LogP contribution in [0, 0.1) is 6.92 Å². The molecule has 0 N–H and O–H groups in total. The Bertz CT molecular complexity index is 986. The molecule has 2 aromatic carbocycles. The highest BCUT2D eigenvalue weighted by Crippen LogP contribution is 2.38. The standard InChI is InChI=1S/C21H23N5O2S/c1-15-10-11-18(28-2)17(14-15)26-21(22-23-24-26)29-19(16-8-4-3-5-9-16)20(27)25-12-6-7-13-25/h3-5,8-11,14,19H,6-7,12-13H2,1-2H3. The Hall–Kier alpha value is -2.87. The molecule has 150 valence electrons. The van der Waals surface area contributed by atoms with Gasteiger partial charge in [0.05, 0.1) is 7.11 Å². The monoisotopic (exact) mass is 409 g/mol. The van der Waals surface area contributed by atoms with Crippen molar-refractivity contribution in [3.8, 4) is 11.4 Å². The third-order valence-corrected chi connectivity index (χ3v) is 6.15. The number of carbonyl (C=O) groups excluding carboxylic acids is 1. The van der Waals surface area contributed by atoms with Crippen molar-refractivity contribution in [3.05, 3.63) is 59.7 Å². The molecule has 1 amide bonds. The number of nitrogens with zero attached hydrogens (tertiary/aromatic N) is 5. The van der Waals surface area contributed by atoms with Crippen molar-refractivity contribution in [1.82, 2.24) is 25.1 Å². The first-order chi connectivity index (χ1) is 14.2. The first-order valence-electron chi connectivity index (χ1n) is 9.61. The van der Waals surface area contributed by atoms with Gasteiger partial charge in [0, 0.05) is 13.1 Å². The fourth-order valence-corrected chi connectivity index (χ4v) is 4.54. The lowest BCUT2D eigenvalue weighted by molar-refractivity contribution is -0.129. The Balaban J connectivity index is 1.70. The van der Waals surface area contributed by atoms with E-state index in [2.05, 4.69) is 15.5 Å². The number of hydrogen-bond donors (Lipinski definition) is 0. The number of carbonyl (C=O) groups is 1. The second-order valence-electron chi connectivity index (χ2n) is 6.99. The number of likely N-dealkylation sites (tertiary alicyclic amines) is 1. The predicted octanol–water partition coefficient (Wildman–Crippen LogP) is 3.44.